The molecule has 6 heteroatoms. The maximum atomic E-state index is 5.92. The third-order valence-electron chi connectivity index (χ3n) is 4.80. The summed E-state index contributed by atoms with van der Waals surface area (Å²) in [4.78, 5) is 6.74. The van der Waals surface area contributed by atoms with Gasteiger partial charge in [0.15, 0.2) is 5.96 Å². The molecule has 152 valence electrons. The molecule has 0 spiro atoms. The van der Waals surface area contributed by atoms with Crippen LogP contribution in [0.5, 0.6) is 5.75 Å². The zero-order valence-corrected chi connectivity index (χ0v) is 19.0. The minimum absolute atomic E-state index is 0. The van der Waals surface area contributed by atoms with Crippen LogP contribution in [0.25, 0.3) is 0 Å². The van der Waals surface area contributed by atoms with Gasteiger partial charge in [0.2, 0.25) is 0 Å². The Morgan fingerprint density at radius 3 is 2.68 bits per heavy atom. The van der Waals surface area contributed by atoms with E-state index in [9.17, 15) is 0 Å². The second-order valence-corrected chi connectivity index (χ2v) is 6.88. The van der Waals surface area contributed by atoms with Crippen molar-refractivity contribution >= 4 is 29.9 Å². The molecule has 1 aliphatic rings. The number of ether oxygens (including phenoxy) is 2. The standard InChI is InChI=1S/C22H29N3O2.HI/c1-23-22(25-12-11-20(15-25)16-26-2)24-14-19-9-6-10-21(13-19)27-17-18-7-4-3-5-8-18;/h3-10,13,20H,11-12,14-17H2,1-2H3,(H,23,24);1H. The van der Waals surface area contributed by atoms with E-state index in [2.05, 4.69) is 39.5 Å². The molecule has 28 heavy (non-hydrogen) atoms. The smallest absolute Gasteiger partial charge is 0.193 e. The van der Waals surface area contributed by atoms with E-state index in [0.717, 1.165) is 44.4 Å². The lowest BCUT2D eigenvalue weighted by Gasteiger charge is -2.21. The Hall–Kier alpha value is -1.80. The van der Waals surface area contributed by atoms with Gasteiger partial charge in [-0.15, -0.1) is 24.0 Å². The normalized spacial score (nSPS) is 16.6. The predicted octanol–water partition coefficient (Wildman–Crippen LogP) is 3.93. The van der Waals surface area contributed by atoms with Crippen LogP contribution < -0.4 is 10.1 Å². The average molecular weight is 495 g/mol. The second-order valence-electron chi connectivity index (χ2n) is 6.88. The van der Waals surface area contributed by atoms with Crippen LogP contribution in [0, 0.1) is 5.92 Å². The van der Waals surface area contributed by atoms with Gasteiger partial charge in [0.1, 0.15) is 12.4 Å². The van der Waals surface area contributed by atoms with E-state index in [1.807, 2.05) is 37.4 Å². The van der Waals surface area contributed by atoms with Gasteiger partial charge in [0.05, 0.1) is 6.61 Å². The van der Waals surface area contributed by atoms with E-state index in [1.165, 1.54) is 11.1 Å². The summed E-state index contributed by atoms with van der Waals surface area (Å²) in [5.74, 6) is 2.42. The van der Waals surface area contributed by atoms with Crippen LogP contribution in [0.15, 0.2) is 59.6 Å². The number of halogens is 1. The fraction of sp³-hybridized carbons (Fsp3) is 0.409. The molecule has 0 amide bonds. The van der Waals surface area contributed by atoms with Gasteiger partial charge in [-0.1, -0.05) is 42.5 Å². The predicted molar refractivity (Wildman–Crippen MR) is 124 cm³/mol. The van der Waals surface area contributed by atoms with E-state index in [4.69, 9.17) is 9.47 Å². The Balaban J connectivity index is 0.00000280. The highest BCUT2D eigenvalue weighted by Gasteiger charge is 2.24. The number of guanidine groups is 1. The Bertz CT molecular complexity index is 740. The lowest BCUT2D eigenvalue weighted by molar-refractivity contribution is 0.157. The first-order valence-electron chi connectivity index (χ1n) is 9.48. The van der Waals surface area contributed by atoms with Crippen LogP contribution in [0.2, 0.25) is 0 Å². The SMILES string of the molecule is CN=C(NCc1cccc(OCc2ccccc2)c1)N1CCC(COC)C1.I. The summed E-state index contributed by atoms with van der Waals surface area (Å²) >= 11 is 0. The summed E-state index contributed by atoms with van der Waals surface area (Å²) in [6.07, 6.45) is 1.15. The van der Waals surface area contributed by atoms with E-state index in [1.54, 1.807) is 7.11 Å². The Kier molecular flexibility index (Phi) is 9.57. The van der Waals surface area contributed by atoms with E-state index in [-0.39, 0.29) is 24.0 Å². The van der Waals surface area contributed by atoms with Gasteiger partial charge >= 0.3 is 0 Å². The highest BCUT2D eigenvalue weighted by Crippen LogP contribution is 2.18. The molecule has 1 saturated heterocycles. The Morgan fingerprint density at radius 1 is 1.14 bits per heavy atom. The highest BCUT2D eigenvalue weighted by molar-refractivity contribution is 14.0. The number of aliphatic imine (C=N–C) groups is 1. The largest absolute Gasteiger partial charge is 0.489 e. The van der Waals surface area contributed by atoms with Crippen molar-refractivity contribution in [2.24, 2.45) is 10.9 Å². The fourth-order valence-electron chi connectivity index (χ4n) is 3.40. The molecule has 2 aromatic carbocycles. The third-order valence-corrected chi connectivity index (χ3v) is 4.80. The summed E-state index contributed by atoms with van der Waals surface area (Å²) in [5, 5.41) is 3.47. The Labute approximate surface area is 185 Å². The maximum Gasteiger partial charge on any atom is 0.193 e. The molecular formula is C22H30IN3O2. The Morgan fingerprint density at radius 2 is 1.93 bits per heavy atom. The number of likely N-dealkylation sites (tertiary alicyclic amines) is 1. The van der Waals surface area contributed by atoms with Crippen LogP contribution in [0.1, 0.15) is 17.5 Å². The maximum absolute atomic E-state index is 5.92. The molecule has 0 aliphatic carbocycles. The quantitative estimate of drug-likeness (QED) is 0.360. The number of hydrogen-bond acceptors (Lipinski definition) is 3. The van der Waals surface area contributed by atoms with Gasteiger partial charge in [0, 0.05) is 39.7 Å². The highest BCUT2D eigenvalue weighted by atomic mass is 127. The summed E-state index contributed by atoms with van der Waals surface area (Å²) in [6, 6.07) is 18.4. The molecule has 1 aliphatic heterocycles. The van der Waals surface area contributed by atoms with Crippen molar-refractivity contribution < 1.29 is 9.47 Å². The third kappa shape index (κ3) is 6.67. The average Bonchev–Trinajstić information content (AvgIpc) is 3.17. The van der Waals surface area contributed by atoms with Crippen molar-refractivity contribution in [3.63, 3.8) is 0 Å². The van der Waals surface area contributed by atoms with Crippen LogP contribution in [0.4, 0.5) is 0 Å². The van der Waals surface area contributed by atoms with Crippen molar-refractivity contribution in [2.75, 3.05) is 33.9 Å². The molecule has 5 nitrogen and oxygen atoms in total. The molecule has 1 atom stereocenters. The van der Waals surface area contributed by atoms with E-state index < -0.39 is 0 Å². The van der Waals surface area contributed by atoms with Gasteiger partial charge < -0.3 is 19.7 Å². The topological polar surface area (TPSA) is 46.1 Å². The zero-order valence-electron chi connectivity index (χ0n) is 16.6. The molecule has 0 radical (unpaired) electrons. The monoisotopic (exact) mass is 495 g/mol. The summed E-state index contributed by atoms with van der Waals surface area (Å²) in [6.45, 7) is 4.13. The van der Waals surface area contributed by atoms with Gasteiger partial charge in [-0.25, -0.2) is 0 Å². The number of nitrogens with one attached hydrogen (secondary N) is 1. The molecular weight excluding hydrogens is 465 g/mol. The van der Waals surface area contributed by atoms with Crippen LogP contribution in [0.3, 0.4) is 0 Å². The molecule has 1 fully saturated rings. The summed E-state index contributed by atoms with van der Waals surface area (Å²) in [7, 11) is 3.61. The van der Waals surface area contributed by atoms with Crippen molar-refractivity contribution in [2.45, 2.75) is 19.6 Å². The van der Waals surface area contributed by atoms with Crippen molar-refractivity contribution in [3.05, 3.63) is 65.7 Å². The molecule has 2 aromatic rings. The van der Waals surface area contributed by atoms with Crippen LogP contribution in [-0.2, 0) is 17.9 Å². The number of benzene rings is 2. The lowest BCUT2D eigenvalue weighted by Crippen LogP contribution is -2.39. The first-order valence-corrected chi connectivity index (χ1v) is 9.48. The van der Waals surface area contributed by atoms with Gasteiger partial charge in [-0.3, -0.25) is 4.99 Å². The number of nitrogens with zero attached hydrogens (tertiary/aromatic N) is 2. The molecule has 0 bridgehead atoms. The van der Waals surface area contributed by atoms with Crippen molar-refractivity contribution in [1.82, 2.24) is 10.2 Å². The molecule has 1 heterocycles. The van der Waals surface area contributed by atoms with Crippen LogP contribution >= 0.6 is 24.0 Å². The molecule has 3 rings (SSSR count). The van der Waals surface area contributed by atoms with Crippen molar-refractivity contribution in [3.8, 4) is 5.75 Å². The summed E-state index contributed by atoms with van der Waals surface area (Å²) in [5.41, 5.74) is 2.34. The lowest BCUT2D eigenvalue weighted by atomic mass is 10.1. The first-order chi connectivity index (χ1) is 13.3. The van der Waals surface area contributed by atoms with Gasteiger partial charge in [0.25, 0.3) is 0 Å². The number of rotatable bonds is 7. The minimum atomic E-state index is 0. The van der Waals surface area contributed by atoms with Gasteiger partial charge in [-0.05, 0) is 29.7 Å². The van der Waals surface area contributed by atoms with Crippen molar-refractivity contribution in [1.29, 1.82) is 0 Å². The minimum Gasteiger partial charge on any atom is -0.489 e. The first kappa shape index (κ1) is 22.5. The fourth-order valence-corrected chi connectivity index (χ4v) is 3.40. The number of hydrogen-bond donors (Lipinski definition) is 1. The molecule has 0 saturated carbocycles. The number of methoxy groups -OCH3 is 1. The molecule has 1 N–H and O–H groups in total. The molecule has 0 aromatic heterocycles. The summed E-state index contributed by atoms with van der Waals surface area (Å²) < 4.78 is 11.2. The van der Waals surface area contributed by atoms with Gasteiger partial charge in [-0.2, -0.15) is 0 Å². The van der Waals surface area contributed by atoms with Crippen LogP contribution in [-0.4, -0.2) is 44.7 Å². The van der Waals surface area contributed by atoms with E-state index in [0.29, 0.717) is 12.5 Å². The van der Waals surface area contributed by atoms with E-state index >= 15 is 0 Å². The second kappa shape index (κ2) is 11.9. The zero-order chi connectivity index (χ0) is 18.9. The molecule has 1 unspecified atom stereocenters.